The number of pyridine rings is 1. The molecule has 1 fully saturated rings. The van der Waals surface area contributed by atoms with Crippen molar-refractivity contribution in [1.82, 2.24) is 24.8 Å². The van der Waals surface area contributed by atoms with Gasteiger partial charge in [0.25, 0.3) is 0 Å². The number of rotatable bonds is 5. The molecule has 1 aromatic carbocycles. The summed E-state index contributed by atoms with van der Waals surface area (Å²) in [6.07, 6.45) is 7.17. The maximum absolute atomic E-state index is 12.0. The number of carbonyl (C=O) groups excluding carboxylic acids is 1. The summed E-state index contributed by atoms with van der Waals surface area (Å²) >= 11 is 0. The van der Waals surface area contributed by atoms with Gasteiger partial charge in [-0.3, -0.25) is 4.79 Å². The summed E-state index contributed by atoms with van der Waals surface area (Å²) < 4.78 is 2.42. The molecule has 4 heterocycles. The summed E-state index contributed by atoms with van der Waals surface area (Å²) in [4.78, 5) is 26.3. The van der Waals surface area contributed by atoms with E-state index in [2.05, 4.69) is 51.4 Å². The fourth-order valence-electron chi connectivity index (χ4n) is 5.59. The highest BCUT2D eigenvalue weighted by molar-refractivity contribution is 6.06. The summed E-state index contributed by atoms with van der Waals surface area (Å²) in [7, 11) is 0. The number of nitrogens with zero attached hydrogens (tertiary/aromatic N) is 4. The second-order valence-corrected chi connectivity index (χ2v) is 9.92. The maximum atomic E-state index is 12.0. The predicted molar refractivity (Wildman–Crippen MR) is 136 cm³/mol. The van der Waals surface area contributed by atoms with Crippen LogP contribution in [0.15, 0.2) is 42.6 Å². The Morgan fingerprint density at radius 1 is 1.11 bits per heavy atom. The van der Waals surface area contributed by atoms with Crippen LogP contribution in [0.2, 0.25) is 0 Å². The third-order valence-corrected chi connectivity index (χ3v) is 7.59. The van der Waals surface area contributed by atoms with Crippen molar-refractivity contribution >= 4 is 39.5 Å². The van der Waals surface area contributed by atoms with Gasteiger partial charge < -0.3 is 20.3 Å². The standard InChI is InChI=1S/C27H30N6O2/c1-16-6-9-18(10-7-16)33-23-5-3-2-4-19(23)20-14-29-27(32-26(20)33)31-25-11-8-17-13-28-22(24(35)15-34)12-21(17)30-25/h2-5,8,11,14,16,18,22,28,34H,6-7,9-10,12-13,15H2,1H3,(H,29,30,31,32). The highest BCUT2D eigenvalue weighted by Crippen LogP contribution is 2.38. The lowest BCUT2D eigenvalue weighted by atomic mass is 9.87. The van der Waals surface area contributed by atoms with Gasteiger partial charge in [0.05, 0.1) is 11.6 Å². The third-order valence-electron chi connectivity index (χ3n) is 7.59. The van der Waals surface area contributed by atoms with Gasteiger partial charge in [-0.1, -0.05) is 31.2 Å². The lowest BCUT2D eigenvalue weighted by Crippen LogP contribution is -2.43. The molecule has 4 aromatic rings. The van der Waals surface area contributed by atoms with Crippen molar-refractivity contribution in [2.75, 3.05) is 11.9 Å². The summed E-state index contributed by atoms with van der Waals surface area (Å²) in [5.74, 6) is 1.72. The third kappa shape index (κ3) is 4.06. The van der Waals surface area contributed by atoms with E-state index in [1.54, 1.807) is 0 Å². The van der Waals surface area contributed by atoms with Crippen molar-refractivity contribution < 1.29 is 9.90 Å². The summed E-state index contributed by atoms with van der Waals surface area (Å²) in [5, 5.41) is 17.9. The molecule has 3 N–H and O–H groups in total. The second-order valence-electron chi connectivity index (χ2n) is 9.92. The van der Waals surface area contributed by atoms with E-state index in [9.17, 15) is 9.90 Å². The Hall–Kier alpha value is -3.36. The Labute approximate surface area is 203 Å². The van der Waals surface area contributed by atoms with Gasteiger partial charge in [0.2, 0.25) is 5.95 Å². The highest BCUT2D eigenvalue weighted by Gasteiger charge is 2.26. The van der Waals surface area contributed by atoms with E-state index >= 15 is 0 Å². The molecule has 180 valence electrons. The molecule has 1 aliphatic heterocycles. The number of carbonyl (C=O) groups is 1. The fraction of sp³-hybridized carbons (Fsp3) is 0.407. The number of fused-ring (bicyclic) bond motifs is 4. The lowest BCUT2D eigenvalue weighted by molar-refractivity contribution is -0.124. The molecule has 0 radical (unpaired) electrons. The molecule has 1 unspecified atom stereocenters. The number of nitrogens with one attached hydrogen (secondary N) is 2. The molecule has 0 amide bonds. The van der Waals surface area contributed by atoms with Gasteiger partial charge in [0, 0.05) is 41.7 Å². The number of ketones is 1. The zero-order valence-corrected chi connectivity index (χ0v) is 19.9. The molecule has 2 aliphatic rings. The van der Waals surface area contributed by atoms with E-state index < -0.39 is 12.6 Å². The molecule has 35 heavy (non-hydrogen) atoms. The van der Waals surface area contributed by atoms with Crippen LogP contribution in [0.25, 0.3) is 21.9 Å². The molecule has 8 heteroatoms. The number of anilines is 2. The first-order chi connectivity index (χ1) is 17.1. The molecule has 0 bridgehead atoms. The molecular weight excluding hydrogens is 440 g/mol. The van der Waals surface area contributed by atoms with Crippen LogP contribution in [0, 0.1) is 5.92 Å². The Kier molecular flexibility index (Phi) is 5.70. The minimum Gasteiger partial charge on any atom is -0.389 e. The van der Waals surface area contributed by atoms with Crippen LogP contribution in [0.5, 0.6) is 0 Å². The number of hydrogen-bond donors (Lipinski definition) is 3. The minimum absolute atomic E-state index is 0.213. The quantitative estimate of drug-likeness (QED) is 0.404. The van der Waals surface area contributed by atoms with Crippen LogP contribution < -0.4 is 10.6 Å². The minimum atomic E-state index is -0.466. The van der Waals surface area contributed by atoms with Gasteiger partial charge in [-0.15, -0.1) is 0 Å². The molecule has 1 atom stereocenters. The van der Waals surface area contributed by atoms with Gasteiger partial charge in [0.1, 0.15) is 18.1 Å². The number of aliphatic hydroxyl groups is 1. The van der Waals surface area contributed by atoms with Crippen molar-refractivity contribution in [1.29, 1.82) is 0 Å². The van der Waals surface area contributed by atoms with Crippen molar-refractivity contribution in [2.45, 2.75) is 57.7 Å². The molecule has 0 spiro atoms. The van der Waals surface area contributed by atoms with E-state index in [1.807, 2.05) is 18.3 Å². The topological polar surface area (TPSA) is 105 Å². The van der Waals surface area contributed by atoms with Crippen LogP contribution in [-0.2, 0) is 17.8 Å². The zero-order chi connectivity index (χ0) is 23.9. The summed E-state index contributed by atoms with van der Waals surface area (Å²) in [6.45, 7) is 2.43. The van der Waals surface area contributed by atoms with Gasteiger partial charge >= 0.3 is 0 Å². The van der Waals surface area contributed by atoms with E-state index in [4.69, 9.17) is 9.97 Å². The number of benzene rings is 1. The fourth-order valence-corrected chi connectivity index (χ4v) is 5.59. The second kappa shape index (κ2) is 9.02. The predicted octanol–water partition coefficient (Wildman–Crippen LogP) is 4.05. The van der Waals surface area contributed by atoms with E-state index in [-0.39, 0.29) is 5.78 Å². The van der Waals surface area contributed by atoms with Crippen molar-refractivity contribution in [3.05, 3.63) is 53.9 Å². The van der Waals surface area contributed by atoms with E-state index in [0.29, 0.717) is 30.8 Å². The smallest absolute Gasteiger partial charge is 0.230 e. The SMILES string of the molecule is CC1CCC(n2c3ccccc3c3cnc(Nc4ccc5c(n4)CC(C(=O)CO)NC5)nc32)CC1. The van der Waals surface area contributed by atoms with Crippen LogP contribution in [-0.4, -0.2) is 43.1 Å². The molecule has 0 saturated heterocycles. The molecule has 6 rings (SSSR count). The first-order valence-corrected chi connectivity index (χ1v) is 12.5. The van der Waals surface area contributed by atoms with Crippen molar-refractivity contribution in [3.63, 3.8) is 0 Å². The first kappa shape index (κ1) is 22.1. The Morgan fingerprint density at radius 2 is 1.94 bits per heavy atom. The normalized spacial score (nSPS) is 22.3. The highest BCUT2D eigenvalue weighted by atomic mass is 16.3. The zero-order valence-electron chi connectivity index (χ0n) is 19.9. The number of hydrogen-bond acceptors (Lipinski definition) is 7. The van der Waals surface area contributed by atoms with Gasteiger partial charge in [-0.05, 0) is 49.3 Å². The number of Topliss-reactive ketones (excluding diaryl/α,β-unsaturated/α-hetero) is 1. The molecule has 1 saturated carbocycles. The largest absolute Gasteiger partial charge is 0.389 e. The Bertz CT molecular complexity index is 1410. The number of aliphatic hydroxyl groups excluding tert-OH is 1. The average Bonchev–Trinajstić information content (AvgIpc) is 3.22. The van der Waals surface area contributed by atoms with Crippen LogP contribution in [0.4, 0.5) is 11.8 Å². The molecule has 3 aromatic heterocycles. The average molecular weight is 471 g/mol. The number of para-hydroxylation sites is 1. The lowest BCUT2D eigenvalue weighted by Gasteiger charge is -2.28. The first-order valence-electron chi connectivity index (χ1n) is 12.5. The number of aromatic nitrogens is 4. The van der Waals surface area contributed by atoms with Crippen molar-refractivity contribution in [3.8, 4) is 0 Å². The van der Waals surface area contributed by atoms with Gasteiger partial charge in [-0.2, -0.15) is 4.98 Å². The van der Waals surface area contributed by atoms with Crippen LogP contribution >= 0.6 is 0 Å². The summed E-state index contributed by atoms with van der Waals surface area (Å²) in [6, 6.07) is 12.5. The Morgan fingerprint density at radius 3 is 2.77 bits per heavy atom. The molecule has 1 aliphatic carbocycles. The van der Waals surface area contributed by atoms with E-state index in [0.717, 1.165) is 41.1 Å². The van der Waals surface area contributed by atoms with E-state index in [1.165, 1.54) is 23.7 Å². The summed E-state index contributed by atoms with van der Waals surface area (Å²) in [5.41, 5.74) is 4.08. The van der Waals surface area contributed by atoms with Gasteiger partial charge in [0.15, 0.2) is 5.78 Å². The van der Waals surface area contributed by atoms with Crippen LogP contribution in [0.3, 0.4) is 0 Å². The monoisotopic (exact) mass is 470 g/mol. The van der Waals surface area contributed by atoms with Crippen LogP contribution in [0.1, 0.15) is 49.9 Å². The van der Waals surface area contributed by atoms with Gasteiger partial charge in [-0.25, -0.2) is 9.97 Å². The maximum Gasteiger partial charge on any atom is 0.230 e. The Balaban J connectivity index is 1.35. The molecular formula is C27H30N6O2. The van der Waals surface area contributed by atoms with Crippen molar-refractivity contribution in [2.24, 2.45) is 5.92 Å². The molecule has 8 nitrogen and oxygen atoms in total.